The first-order valence-corrected chi connectivity index (χ1v) is 5.20. The summed E-state index contributed by atoms with van der Waals surface area (Å²) in [7, 11) is 3.78. The lowest BCUT2D eigenvalue weighted by Gasteiger charge is -1.07. The minimum Gasteiger partial charge on any atom is -0.412 e. The van der Waals surface area contributed by atoms with E-state index in [1.807, 2.05) is 0 Å². The second-order valence-electron chi connectivity index (χ2n) is 0. The number of hydrogen-bond donors (Lipinski definition) is 0. The van der Waals surface area contributed by atoms with E-state index in [1.165, 1.54) is 9.91 Å². The van der Waals surface area contributed by atoms with Gasteiger partial charge in [0.15, 0.2) is 17.4 Å². The van der Waals surface area contributed by atoms with Gasteiger partial charge in [0.05, 0.1) is 0 Å². The van der Waals surface area contributed by atoms with Crippen LogP contribution >= 0.6 is 8.79 Å². The maximum atomic E-state index is 2.56. The van der Waals surface area contributed by atoms with E-state index in [0.29, 0.717) is 0 Å². The molecule has 0 spiro atoms. The summed E-state index contributed by atoms with van der Waals surface area (Å²) in [5, 5.41) is 0. The van der Waals surface area contributed by atoms with Gasteiger partial charge in [0.2, 0.25) is 0 Å². The lowest BCUT2D eigenvalue weighted by Crippen LogP contribution is -0.937. The van der Waals surface area contributed by atoms with E-state index in [-0.39, 0.29) is 22.8 Å². The monoisotopic (exact) mass is 112 g/mol. The van der Waals surface area contributed by atoms with Gasteiger partial charge in [0, 0.05) is 9.91 Å². The minimum absolute atomic E-state index is 0. The Morgan fingerprint density at radius 2 is 1.25 bits per heavy atom. The molecule has 0 aromatic heterocycles. The van der Waals surface area contributed by atoms with E-state index >= 15 is 0 Å². The molecule has 0 saturated carbocycles. The Hall–Kier alpha value is 1.14. The lowest BCUT2D eigenvalue weighted by molar-refractivity contribution is 0.824. The Morgan fingerprint density at radius 3 is 1.25 bits per heavy atom. The highest BCUT2D eigenvalue weighted by molar-refractivity contribution is 7.49. The largest absolute Gasteiger partial charge is 0.412 e. The molecule has 0 aliphatic heterocycles. The molecule has 1 unspecified atom stereocenters. The molecule has 0 radical (unpaired) electrons. The van der Waals surface area contributed by atoms with Crippen LogP contribution in [0, 0.1) is 0 Å². The Morgan fingerprint density at radius 1 is 1.25 bits per heavy atom. The number of hydrogen-bond acceptors (Lipinski definition) is 0. The van der Waals surface area contributed by atoms with Gasteiger partial charge in [-0.3, -0.25) is 0 Å². The quantitative estimate of drug-likeness (QED) is 0.238. The van der Waals surface area contributed by atoms with Crippen molar-refractivity contribution >= 4 is 36.1 Å². The number of rotatable bonds is 0. The predicted octanol–water partition coefficient (Wildman–Crippen LogP) is -2.87. The van der Waals surface area contributed by atoms with E-state index in [9.17, 15) is 0 Å². The maximum absolute atomic E-state index is 2.56. The first kappa shape index (κ1) is 19.2. The third kappa shape index (κ3) is 11.1. The average Bonchev–Trinajstić information content (AvgIpc) is 1.00. The summed E-state index contributed by atoms with van der Waals surface area (Å²) < 4.78 is 0. The molecular weight excluding hydrogens is 102 g/mol. The first-order valence-electron chi connectivity index (χ1n) is 0.577. The summed E-state index contributed by atoms with van der Waals surface area (Å²) in [6.45, 7) is 0. The molecule has 0 aromatic rings. The van der Waals surface area contributed by atoms with E-state index < -0.39 is 0 Å². The smallest absolute Gasteiger partial charge is 0.187 e. The molecule has 0 aliphatic carbocycles. The van der Waals surface area contributed by atoms with Crippen LogP contribution in [-0.2, 0) is 0 Å². The van der Waals surface area contributed by atoms with Crippen molar-refractivity contribution in [1.29, 1.82) is 0 Å². The summed E-state index contributed by atoms with van der Waals surface area (Å²) in [5.74, 6) is 0. The Kier molecular flexibility index (Phi) is 151. The second kappa shape index (κ2) is 31.4. The van der Waals surface area contributed by atoms with Gasteiger partial charge in [-0.2, -0.15) is 8.79 Å². The second-order valence-corrected chi connectivity index (χ2v) is 0. The average molecular weight is 112 g/mol. The van der Waals surface area contributed by atoms with Crippen LogP contribution in [-0.4, -0.2) is 32.7 Å². The van der Waals surface area contributed by atoms with E-state index in [2.05, 4.69) is 8.79 Å². The normalized spacial score (nSPS) is 2.25. The fourth-order valence-corrected chi connectivity index (χ4v) is 0. The molecule has 2 N–H and O–H groups in total. The van der Waals surface area contributed by atoms with Crippen LogP contribution < -0.4 is 0 Å². The minimum atomic E-state index is 0. The molecule has 0 aliphatic rings. The van der Waals surface area contributed by atoms with Crippen LogP contribution in [0.15, 0.2) is 0 Å². The van der Waals surface area contributed by atoms with Gasteiger partial charge in [-0.25, -0.2) is 0 Å². The molecule has 0 heterocycles. The zero-order valence-corrected chi connectivity index (χ0v) is 5.23. The molecule has 1 atom stereocenters. The fourth-order valence-electron chi connectivity index (χ4n) is 0. The van der Waals surface area contributed by atoms with Crippen LogP contribution in [0.25, 0.3) is 0 Å². The van der Waals surface area contributed by atoms with Gasteiger partial charge in [-0.15, -0.1) is 0 Å². The highest BCUT2D eigenvalue weighted by Gasteiger charge is 0.937. The van der Waals surface area contributed by atoms with Gasteiger partial charge in [0.1, 0.15) is 0 Å². The van der Waals surface area contributed by atoms with Crippen LogP contribution in [0.4, 0.5) is 0 Å². The van der Waals surface area contributed by atoms with Crippen LogP contribution in [0.2, 0.25) is 0 Å². The summed E-state index contributed by atoms with van der Waals surface area (Å²) in [4.78, 5) is 0. The Labute approximate surface area is 42.1 Å². The zero-order valence-electron chi connectivity index (χ0n) is 2.08. The summed E-state index contributed by atoms with van der Waals surface area (Å²) in [6.07, 6.45) is 0. The van der Waals surface area contributed by atoms with Crippen molar-refractivity contribution in [2.75, 3.05) is 0 Å². The first-order chi connectivity index (χ1) is 1.00. The molecule has 0 rings (SSSR count). The molecule has 4 heavy (non-hydrogen) atoms. The molecule has 4 heteroatoms. The van der Waals surface area contributed by atoms with Crippen molar-refractivity contribution in [3.05, 3.63) is 0 Å². The molecule has 28 valence electrons. The molecule has 1 nitrogen and oxygen atoms in total. The highest BCUT2D eigenvalue weighted by Crippen LogP contribution is 1.42. The topological polar surface area (TPSA) is 31.5 Å². The maximum Gasteiger partial charge on any atom is 0.187 e. The molecule has 0 fully saturated rings. The fraction of sp³-hybridized carbons (Fsp3) is 0. The Bertz CT molecular complexity index is 8.00. The van der Waals surface area contributed by atoms with Crippen LogP contribution in [0.5, 0.6) is 0 Å². The lowest BCUT2D eigenvalue weighted by atomic mass is 16.0. The van der Waals surface area contributed by atoms with Gasteiger partial charge in [0.25, 0.3) is 0 Å². The van der Waals surface area contributed by atoms with Crippen molar-refractivity contribution in [3.8, 4) is 0 Å². The van der Waals surface area contributed by atoms with Gasteiger partial charge < -0.3 is 5.48 Å². The van der Waals surface area contributed by atoms with E-state index in [1.54, 1.807) is 0 Å². The van der Waals surface area contributed by atoms with Crippen LogP contribution in [0.1, 0.15) is 0 Å². The SMILES string of the molecule is O.[AlH3].[SiH3]P. The Balaban J connectivity index is -0.00000000500. The van der Waals surface area contributed by atoms with Crippen molar-refractivity contribution in [2.45, 2.75) is 0 Å². The van der Waals surface area contributed by atoms with Crippen molar-refractivity contribution < 1.29 is 5.48 Å². The van der Waals surface area contributed by atoms with E-state index in [4.69, 9.17) is 0 Å². The highest BCUT2D eigenvalue weighted by atomic mass is 31.3. The van der Waals surface area contributed by atoms with Crippen LogP contribution in [0.3, 0.4) is 0 Å². The molecule has 0 amide bonds. The molecular formula is H10AlOPSi. The molecule has 0 aromatic carbocycles. The van der Waals surface area contributed by atoms with Gasteiger partial charge in [-0.05, 0) is 0 Å². The van der Waals surface area contributed by atoms with E-state index in [0.717, 1.165) is 0 Å². The van der Waals surface area contributed by atoms with Crippen molar-refractivity contribution in [3.63, 3.8) is 0 Å². The summed E-state index contributed by atoms with van der Waals surface area (Å²) in [6, 6.07) is 0. The zero-order chi connectivity index (χ0) is 2.00. The van der Waals surface area contributed by atoms with Crippen molar-refractivity contribution in [1.82, 2.24) is 0 Å². The third-order valence-electron chi connectivity index (χ3n) is 0. The molecule has 0 saturated heterocycles. The summed E-state index contributed by atoms with van der Waals surface area (Å²) in [5.41, 5.74) is 0. The van der Waals surface area contributed by atoms with Crippen molar-refractivity contribution in [2.24, 2.45) is 0 Å². The van der Waals surface area contributed by atoms with Gasteiger partial charge >= 0.3 is 0 Å². The predicted molar refractivity (Wildman–Crippen MR) is 33.2 cm³/mol. The third-order valence-corrected chi connectivity index (χ3v) is 0. The van der Waals surface area contributed by atoms with Gasteiger partial charge in [-0.1, -0.05) is 0 Å². The standard InChI is InChI=1S/Al.H2O.H5PSi.3H/c;;1-2;;;/h;1H2;1H2,2H3;;;. The summed E-state index contributed by atoms with van der Waals surface area (Å²) >= 11 is 0. The molecule has 0 bridgehead atoms.